The molecule has 6 heteroatoms. The molecule has 1 N–H and O–H groups in total. The minimum Gasteiger partial charge on any atom is -0.342 e. The Labute approximate surface area is 138 Å². The largest absolute Gasteiger partial charge is 0.342 e. The van der Waals surface area contributed by atoms with Crippen molar-refractivity contribution < 1.29 is 13.2 Å². The van der Waals surface area contributed by atoms with E-state index < -0.39 is 10.0 Å². The van der Waals surface area contributed by atoms with Crippen molar-refractivity contribution in [3.8, 4) is 0 Å². The minimum atomic E-state index is -3.52. The van der Waals surface area contributed by atoms with Gasteiger partial charge in [-0.3, -0.25) is 4.79 Å². The number of nitrogens with one attached hydrogen (secondary N) is 1. The van der Waals surface area contributed by atoms with Crippen LogP contribution in [-0.4, -0.2) is 38.9 Å². The number of hydrogen-bond donors (Lipinski definition) is 1. The van der Waals surface area contributed by atoms with E-state index in [1.54, 1.807) is 0 Å². The molecule has 126 valence electrons. The number of piperidine rings is 1. The molecule has 1 aromatic carbocycles. The summed E-state index contributed by atoms with van der Waals surface area (Å²) in [6, 6.07) is 9.22. The molecular weight excluding hydrogens is 312 g/mol. The summed E-state index contributed by atoms with van der Waals surface area (Å²) in [6.07, 6.45) is 3.92. The standard InChI is InChI=1S/C17H24N2O3S/c1-15-6-5-12-19(14-15)17(20)9-11-18-23(21,22)13-10-16-7-3-2-4-8-16/h2-4,7-8,10,13,15,18H,5-6,9,11-12,14H2,1H3/b13-10+. The molecule has 1 atom stereocenters. The Kier molecular flexibility index (Phi) is 6.36. The summed E-state index contributed by atoms with van der Waals surface area (Å²) >= 11 is 0. The third-order valence-corrected chi connectivity index (χ3v) is 4.99. The van der Waals surface area contributed by atoms with Crippen LogP contribution in [0, 0.1) is 5.92 Å². The number of carbonyl (C=O) groups excluding carboxylic acids is 1. The van der Waals surface area contributed by atoms with E-state index in [0.29, 0.717) is 5.92 Å². The summed E-state index contributed by atoms with van der Waals surface area (Å²) in [4.78, 5) is 13.9. The number of amides is 1. The van der Waals surface area contributed by atoms with Gasteiger partial charge in [-0.05, 0) is 30.4 Å². The van der Waals surface area contributed by atoms with E-state index in [4.69, 9.17) is 0 Å². The molecule has 0 aliphatic carbocycles. The maximum Gasteiger partial charge on any atom is 0.233 e. The van der Waals surface area contributed by atoms with E-state index >= 15 is 0 Å². The lowest BCUT2D eigenvalue weighted by Crippen LogP contribution is -2.40. The Bertz CT molecular complexity index is 641. The molecule has 1 fully saturated rings. The number of benzene rings is 1. The highest BCUT2D eigenvalue weighted by Crippen LogP contribution is 2.15. The number of rotatable bonds is 6. The SMILES string of the molecule is CC1CCCN(C(=O)CCNS(=O)(=O)/C=C/c2ccccc2)C1. The third-order valence-electron chi connectivity index (χ3n) is 3.89. The molecule has 1 aromatic rings. The van der Waals surface area contributed by atoms with Crippen LogP contribution in [0.5, 0.6) is 0 Å². The number of nitrogens with zero attached hydrogens (tertiary/aromatic N) is 1. The van der Waals surface area contributed by atoms with Crippen LogP contribution in [0.3, 0.4) is 0 Å². The molecule has 23 heavy (non-hydrogen) atoms. The molecule has 2 rings (SSSR count). The van der Waals surface area contributed by atoms with Crippen molar-refractivity contribution in [1.82, 2.24) is 9.62 Å². The van der Waals surface area contributed by atoms with E-state index in [0.717, 1.165) is 36.9 Å². The van der Waals surface area contributed by atoms with E-state index in [-0.39, 0.29) is 18.9 Å². The fourth-order valence-corrected chi connectivity index (χ4v) is 3.47. The van der Waals surface area contributed by atoms with Gasteiger partial charge in [0.2, 0.25) is 15.9 Å². The average molecular weight is 336 g/mol. The van der Waals surface area contributed by atoms with Gasteiger partial charge in [-0.25, -0.2) is 13.1 Å². The molecular formula is C17H24N2O3S. The molecule has 1 aliphatic rings. The van der Waals surface area contributed by atoms with E-state index in [9.17, 15) is 13.2 Å². The first-order chi connectivity index (χ1) is 11.0. The maximum atomic E-state index is 12.1. The second kappa shape index (κ2) is 8.26. The molecule has 1 unspecified atom stereocenters. The van der Waals surface area contributed by atoms with Gasteiger partial charge in [0.25, 0.3) is 0 Å². The van der Waals surface area contributed by atoms with Gasteiger partial charge in [-0.1, -0.05) is 37.3 Å². The monoisotopic (exact) mass is 336 g/mol. The molecule has 0 bridgehead atoms. The van der Waals surface area contributed by atoms with Crippen LogP contribution in [0.25, 0.3) is 6.08 Å². The Morgan fingerprint density at radius 1 is 1.35 bits per heavy atom. The summed E-state index contributed by atoms with van der Waals surface area (Å²) in [5.74, 6) is 0.546. The zero-order valence-electron chi connectivity index (χ0n) is 13.4. The molecule has 1 saturated heterocycles. The van der Waals surface area contributed by atoms with Gasteiger partial charge in [0, 0.05) is 31.5 Å². The maximum absolute atomic E-state index is 12.1. The summed E-state index contributed by atoms with van der Waals surface area (Å²) < 4.78 is 26.2. The lowest BCUT2D eigenvalue weighted by molar-refractivity contribution is -0.132. The fraction of sp³-hybridized carbons (Fsp3) is 0.471. The minimum absolute atomic E-state index is 0.0197. The number of sulfonamides is 1. The highest BCUT2D eigenvalue weighted by Gasteiger charge is 2.20. The molecule has 1 amide bonds. The predicted octanol–water partition coefficient (Wildman–Crippen LogP) is 2.23. The first-order valence-corrected chi connectivity index (χ1v) is 9.51. The summed E-state index contributed by atoms with van der Waals surface area (Å²) in [5.41, 5.74) is 0.816. The van der Waals surface area contributed by atoms with Crippen molar-refractivity contribution in [2.75, 3.05) is 19.6 Å². The molecule has 5 nitrogen and oxygen atoms in total. The summed E-state index contributed by atoms with van der Waals surface area (Å²) in [5, 5.41) is 1.13. The van der Waals surface area contributed by atoms with Gasteiger partial charge in [0.15, 0.2) is 0 Å². The van der Waals surface area contributed by atoms with Gasteiger partial charge in [-0.2, -0.15) is 0 Å². The lowest BCUT2D eigenvalue weighted by Gasteiger charge is -2.31. The number of carbonyl (C=O) groups is 1. The van der Waals surface area contributed by atoms with Crippen molar-refractivity contribution >= 4 is 22.0 Å². The molecule has 1 aliphatic heterocycles. The number of likely N-dealkylation sites (tertiary alicyclic amines) is 1. The Morgan fingerprint density at radius 3 is 2.78 bits per heavy atom. The topological polar surface area (TPSA) is 66.5 Å². The first-order valence-electron chi connectivity index (χ1n) is 7.97. The van der Waals surface area contributed by atoms with Crippen molar-refractivity contribution in [3.63, 3.8) is 0 Å². The van der Waals surface area contributed by atoms with Crippen molar-refractivity contribution in [2.24, 2.45) is 5.92 Å². The van der Waals surface area contributed by atoms with Crippen LogP contribution in [0.4, 0.5) is 0 Å². The molecule has 1 heterocycles. The fourth-order valence-electron chi connectivity index (χ4n) is 2.65. The third kappa shape index (κ3) is 6.15. The van der Waals surface area contributed by atoms with Gasteiger partial charge < -0.3 is 4.90 Å². The van der Waals surface area contributed by atoms with Gasteiger partial charge >= 0.3 is 0 Å². The van der Waals surface area contributed by atoms with Crippen LogP contribution in [0.15, 0.2) is 35.7 Å². The highest BCUT2D eigenvalue weighted by atomic mass is 32.2. The average Bonchev–Trinajstić information content (AvgIpc) is 2.54. The van der Waals surface area contributed by atoms with Crippen molar-refractivity contribution in [2.45, 2.75) is 26.2 Å². The van der Waals surface area contributed by atoms with Crippen LogP contribution >= 0.6 is 0 Å². The van der Waals surface area contributed by atoms with Gasteiger partial charge in [-0.15, -0.1) is 0 Å². The summed E-state index contributed by atoms with van der Waals surface area (Å²) in [7, 11) is -3.52. The van der Waals surface area contributed by atoms with Crippen LogP contribution in [0.2, 0.25) is 0 Å². The lowest BCUT2D eigenvalue weighted by atomic mass is 10.0. The van der Waals surface area contributed by atoms with Crippen LogP contribution < -0.4 is 4.72 Å². The molecule has 0 saturated carbocycles. The van der Waals surface area contributed by atoms with E-state index in [1.165, 1.54) is 6.08 Å². The zero-order valence-corrected chi connectivity index (χ0v) is 14.3. The molecule has 0 spiro atoms. The number of hydrogen-bond acceptors (Lipinski definition) is 3. The smallest absolute Gasteiger partial charge is 0.233 e. The van der Waals surface area contributed by atoms with Gasteiger partial charge in [0.05, 0.1) is 0 Å². The van der Waals surface area contributed by atoms with E-state index in [1.807, 2.05) is 35.2 Å². The molecule has 0 radical (unpaired) electrons. The second-order valence-corrected chi connectivity index (χ2v) is 7.64. The highest BCUT2D eigenvalue weighted by molar-refractivity contribution is 7.92. The Hall–Kier alpha value is -1.66. The van der Waals surface area contributed by atoms with Crippen molar-refractivity contribution in [3.05, 3.63) is 41.3 Å². The van der Waals surface area contributed by atoms with E-state index in [2.05, 4.69) is 11.6 Å². The van der Waals surface area contributed by atoms with Gasteiger partial charge in [0.1, 0.15) is 0 Å². The first kappa shape index (κ1) is 17.7. The van der Waals surface area contributed by atoms with Crippen LogP contribution in [0.1, 0.15) is 31.7 Å². The van der Waals surface area contributed by atoms with Crippen LogP contribution in [-0.2, 0) is 14.8 Å². The summed E-state index contributed by atoms with van der Waals surface area (Å²) in [6.45, 7) is 3.82. The normalized spacial score (nSPS) is 19.2. The predicted molar refractivity (Wildman–Crippen MR) is 92.0 cm³/mol. The Balaban J connectivity index is 1.78. The zero-order chi connectivity index (χ0) is 16.7. The van der Waals surface area contributed by atoms with Crippen molar-refractivity contribution in [1.29, 1.82) is 0 Å². The quantitative estimate of drug-likeness (QED) is 0.866. The Morgan fingerprint density at radius 2 is 2.09 bits per heavy atom. The molecule has 0 aromatic heterocycles. The second-order valence-electron chi connectivity index (χ2n) is 5.99.